The molecule has 0 radical (unpaired) electrons. The molecule has 94 valence electrons. The van der Waals surface area contributed by atoms with Gasteiger partial charge in [-0.05, 0) is 43.6 Å². The largest absolute Gasteiger partial charge is 0.472 e. The minimum absolute atomic E-state index is 0.0731. The van der Waals surface area contributed by atoms with Crippen molar-refractivity contribution in [1.29, 1.82) is 0 Å². The molecular weight excluding hydrogens is 212 g/mol. The van der Waals surface area contributed by atoms with Crippen LogP contribution in [-0.4, -0.2) is 5.60 Å². The summed E-state index contributed by atoms with van der Waals surface area (Å²) in [6.07, 6.45) is 8.78. The fraction of sp³-hybridized carbons (Fsp3) is 0.733. The van der Waals surface area contributed by atoms with Gasteiger partial charge in [-0.3, -0.25) is 0 Å². The quantitative estimate of drug-likeness (QED) is 0.721. The van der Waals surface area contributed by atoms with Crippen LogP contribution in [0, 0.1) is 11.3 Å². The molecule has 2 heterocycles. The van der Waals surface area contributed by atoms with Crippen molar-refractivity contribution in [3.05, 3.63) is 24.2 Å². The highest BCUT2D eigenvalue weighted by Gasteiger charge is 2.53. The van der Waals surface area contributed by atoms with Gasteiger partial charge in [-0.25, -0.2) is 0 Å². The molecule has 1 aromatic rings. The lowest BCUT2D eigenvalue weighted by molar-refractivity contribution is -0.0928. The van der Waals surface area contributed by atoms with Crippen molar-refractivity contribution in [2.75, 3.05) is 0 Å². The predicted molar refractivity (Wildman–Crippen MR) is 66.7 cm³/mol. The second-order valence-corrected chi connectivity index (χ2v) is 6.61. The van der Waals surface area contributed by atoms with Crippen LogP contribution in [0.3, 0.4) is 0 Å². The van der Waals surface area contributed by atoms with Gasteiger partial charge in [-0.1, -0.05) is 20.3 Å². The van der Waals surface area contributed by atoms with Crippen molar-refractivity contribution in [1.82, 2.24) is 0 Å². The van der Waals surface area contributed by atoms with E-state index in [0.29, 0.717) is 11.3 Å². The van der Waals surface area contributed by atoms with Crippen molar-refractivity contribution < 1.29 is 9.15 Å². The molecule has 1 saturated carbocycles. The molecule has 0 spiro atoms. The molecule has 2 heteroatoms. The Balaban J connectivity index is 1.88. The van der Waals surface area contributed by atoms with Crippen molar-refractivity contribution in [2.24, 2.45) is 11.3 Å². The molecule has 1 aliphatic heterocycles. The van der Waals surface area contributed by atoms with Gasteiger partial charge in [0.2, 0.25) is 0 Å². The lowest BCUT2D eigenvalue weighted by Crippen LogP contribution is -2.44. The van der Waals surface area contributed by atoms with E-state index in [4.69, 9.17) is 9.15 Å². The Morgan fingerprint density at radius 1 is 1.24 bits per heavy atom. The summed E-state index contributed by atoms with van der Waals surface area (Å²) in [4.78, 5) is 0. The Morgan fingerprint density at radius 2 is 2.06 bits per heavy atom. The molecule has 3 rings (SSSR count). The predicted octanol–water partition coefficient (Wildman–Crippen LogP) is 4.33. The molecule has 1 aliphatic carbocycles. The van der Waals surface area contributed by atoms with Crippen LogP contribution >= 0.6 is 0 Å². The van der Waals surface area contributed by atoms with Gasteiger partial charge in [0.15, 0.2) is 0 Å². The van der Waals surface area contributed by atoms with Crippen molar-refractivity contribution in [3.8, 4) is 0 Å². The average molecular weight is 234 g/mol. The maximum Gasteiger partial charge on any atom is 0.0960 e. The zero-order valence-corrected chi connectivity index (χ0v) is 11.0. The maximum absolute atomic E-state index is 6.37. The number of ether oxygens (including phenoxy) is 1. The molecule has 2 fully saturated rings. The fourth-order valence-electron chi connectivity index (χ4n) is 4.03. The number of hydrogen-bond donors (Lipinski definition) is 0. The second kappa shape index (κ2) is 3.61. The molecule has 17 heavy (non-hydrogen) atoms. The molecule has 0 aromatic carbocycles. The standard InChI is InChI=1S/C15H22O2/c1-14(2)6-4-7-15(3)13(14)9-12(17-15)11-5-8-16-10-11/h5,8,10,12-13H,4,6-7,9H2,1-3H3/t12-,13+,15+/m0/s1. The second-order valence-electron chi connectivity index (χ2n) is 6.61. The summed E-state index contributed by atoms with van der Waals surface area (Å²) in [5.74, 6) is 0.670. The third-order valence-electron chi connectivity index (χ3n) is 4.95. The summed E-state index contributed by atoms with van der Waals surface area (Å²) >= 11 is 0. The first-order valence-electron chi connectivity index (χ1n) is 6.71. The van der Waals surface area contributed by atoms with Gasteiger partial charge in [0, 0.05) is 5.56 Å². The van der Waals surface area contributed by atoms with Gasteiger partial charge in [0.1, 0.15) is 0 Å². The molecule has 0 amide bonds. The molecule has 3 atom stereocenters. The van der Waals surface area contributed by atoms with E-state index in [1.54, 1.807) is 6.26 Å². The van der Waals surface area contributed by atoms with Gasteiger partial charge >= 0.3 is 0 Å². The van der Waals surface area contributed by atoms with Gasteiger partial charge in [0.25, 0.3) is 0 Å². The third-order valence-corrected chi connectivity index (χ3v) is 4.95. The van der Waals surface area contributed by atoms with E-state index < -0.39 is 0 Å². The molecule has 0 unspecified atom stereocenters. The van der Waals surface area contributed by atoms with Gasteiger partial charge in [-0.2, -0.15) is 0 Å². The highest BCUT2D eigenvalue weighted by molar-refractivity contribution is 5.15. The highest BCUT2D eigenvalue weighted by atomic mass is 16.5. The van der Waals surface area contributed by atoms with E-state index >= 15 is 0 Å². The fourth-order valence-corrected chi connectivity index (χ4v) is 4.03. The first-order valence-corrected chi connectivity index (χ1v) is 6.71. The molecule has 1 aromatic heterocycles. The van der Waals surface area contributed by atoms with E-state index in [0.717, 1.165) is 6.42 Å². The Kier molecular flexibility index (Phi) is 2.41. The maximum atomic E-state index is 6.37. The van der Waals surface area contributed by atoms with Crippen molar-refractivity contribution in [3.63, 3.8) is 0 Å². The Labute approximate surface area is 103 Å². The van der Waals surface area contributed by atoms with Crippen LogP contribution in [0.2, 0.25) is 0 Å². The summed E-state index contributed by atoms with van der Waals surface area (Å²) in [6, 6.07) is 2.04. The zero-order chi connectivity index (χ0) is 12.1. The van der Waals surface area contributed by atoms with Crippen LogP contribution in [0.15, 0.2) is 23.0 Å². The van der Waals surface area contributed by atoms with Gasteiger partial charge < -0.3 is 9.15 Å². The van der Waals surface area contributed by atoms with Crippen molar-refractivity contribution >= 4 is 0 Å². The van der Waals surface area contributed by atoms with Crippen LogP contribution in [0.1, 0.15) is 58.1 Å². The smallest absolute Gasteiger partial charge is 0.0960 e. The van der Waals surface area contributed by atoms with Crippen molar-refractivity contribution in [2.45, 2.75) is 58.2 Å². The first-order chi connectivity index (χ1) is 8.01. The van der Waals surface area contributed by atoms with E-state index in [1.165, 1.54) is 24.8 Å². The Morgan fingerprint density at radius 3 is 2.71 bits per heavy atom. The third kappa shape index (κ3) is 1.74. The zero-order valence-electron chi connectivity index (χ0n) is 11.0. The molecule has 2 nitrogen and oxygen atoms in total. The molecule has 0 N–H and O–H groups in total. The summed E-state index contributed by atoms with van der Waals surface area (Å²) in [5, 5.41) is 0. The number of rotatable bonds is 1. The molecule has 1 saturated heterocycles. The monoisotopic (exact) mass is 234 g/mol. The number of hydrogen-bond acceptors (Lipinski definition) is 2. The lowest BCUT2D eigenvalue weighted by Gasteiger charge is -2.45. The minimum atomic E-state index is 0.0731. The topological polar surface area (TPSA) is 22.4 Å². The number of fused-ring (bicyclic) bond motifs is 1. The average Bonchev–Trinajstić information content (AvgIpc) is 2.83. The van der Waals surface area contributed by atoms with Crippen LogP contribution in [0.25, 0.3) is 0 Å². The number of furan rings is 1. The molecule has 0 bridgehead atoms. The summed E-state index contributed by atoms with van der Waals surface area (Å²) < 4.78 is 11.6. The van der Waals surface area contributed by atoms with Crippen LogP contribution in [-0.2, 0) is 4.74 Å². The van der Waals surface area contributed by atoms with E-state index in [-0.39, 0.29) is 11.7 Å². The van der Waals surface area contributed by atoms with Crippen LogP contribution in [0.5, 0.6) is 0 Å². The van der Waals surface area contributed by atoms with Crippen LogP contribution in [0.4, 0.5) is 0 Å². The lowest BCUT2D eigenvalue weighted by atomic mass is 9.61. The molecular formula is C15H22O2. The normalized spacial score (nSPS) is 40.2. The Bertz CT molecular complexity index is 393. The Hall–Kier alpha value is -0.760. The summed E-state index contributed by atoms with van der Waals surface area (Å²) in [6.45, 7) is 7.10. The SMILES string of the molecule is CC1(C)CCC[C@@]2(C)O[C@H](c3ccoc3)C[C@H]12. The highest BCUT2D eigenvalue weighted by Crippen LogP contribution is 2.57. The van der Waals surface area contributed by atoms with Gasteiger partial charge in [0.05, 0.1) is 24.2 Å². The van der Waals surface area contributed by atoms with E-state index in [2.05, 4.69) is 20.8 Å². The molecule has 2 aliphatic rings. The van der Waals surface area contributed by atoms with E-state index in [1.807, 2.05) is 12.3 Å². The van der Waals surface area contributed by atoms with Crippen LogP contribution < -0.4 is 0 Å². The first kappa shape index (κ1) is 11.3. The van der Waals surface area contributed by atoms with E-state index in [9.17, 15) is 0 Å². The summed E-state index contributed by atoms with van der Waals surface area (Å²) in [5.41, 5.74) is 1.69. The summed E-state index contributed by atoms with van der Waals surface area (Å²) in [7, 11) is 0. The minimum Gasteiger partial charge on any atom is -0.472 e. The van der Waals surface area contributed by atoms with Gasteiger partial charge in [-0.15, -0.1) is 0 Å².